The van der Waals surface area contributed by atoms with E-state index in [9.17, 15) is 9.90 Å². The van der Waals surface area contributed by atoms with Gasteiger partial charge in [-0.3, -0.25) is 9.48 Å². The van der Waals surface area contributed by atoms with Gasteiger partial charge in [-0.2, -0.15) is 5.10 Å². The van der Waals surface area contributed by atoms with Crippen LogP contribution in [-0.4, -0.2) is 59.1 Å². The molecule has 0 radical (unpaired) electrons. The maximum absolute atomic E-state index is 13.2. The van der Waals surface area contributed by atoms with E-state index in [0.717, 1.165) is 63.1 Å². The van der Waals surface area contributed by atoms with E-state index in [1.165, 1.54) is 12.8 Å². The summed E-state index contributed by atoms with van der Waals surface area (Å²) in [5.74, 6) is 3.15. The van der Waals surface area contributed by atoms with Crippen molar-refractivity contribution in [1.82, 2.24) is 20.4 Å². The number of hydrogen-bond donors (Lipinski definition) is 3. The molecule has 1 aromatic heterocycles. The van der Waals surface area contributed by atoms with E-state index in [4.69, 9.17) is 0 Å². The lowest BCUT2D eigenvalue weighted by atomic mass is 9.52. The monoisotopic (exact) mass is 415 g/mol. The highest BCUT2D eigenvalue weighted by Gasteiger charge is 2.55. The fourth-order valence-corrected chi connectivity index (χ4v) is 7.34. The Hall–Kier alpha value is -1.60. The molecule has 6 rings (SSSR count). The zero-order chi connectivity index (χ0) is 21.0. The predicted molar refractivity (Wildman–Crippen MR) is 117 cm³/mol. The number of carbonyl (C=O) groups is 1. The van der Waals surface area contributed by atoms with Gasteiger partial charge in [-0.05, 0) is 88.6 Å². The Morgan fingerprint density at radius 1 is 1.27 bits per heavy atom. The number of anilines is 1. The molecular formula is C23H37N5O2. The van der Waals surface area contributed by atoms with Crippen molar-refractivity contribution < 1.29 is 9.90 Å². The summed E-state index contributed by atoms with van der Waals surface area (Å²) >= 11 is 0. The molecule has 30 heavy (non-hydrogen) atoms. The second-order valence-corrected chi connectivity index (χ2v) is 10.7. The molecule has 4 bridgehead atoms. The van der Waals surface area contributed by atoms with Gasteiger partial charge in [0.25, 0.3) is 5.91 Å². The van der Waals surface area contributed by atoms with Crippen molar-refractivity contribution in [2.75, 3.05) is 31.6 Å². The Balaban J connectivity index is 1.29. The normalized spacial score (nSPS) is 35.6. The fourth-order valence-electron chi connectivity index (χ4n) is 7.34. The number of carbonyl (C=O) groups excluding carboxylic acids is 1. The molecular weight excluding hydrogens is 378 g/mol. The van der Waals surface area contributed by atoms with E-state index in [2.05, 4.69) is 27.7 Å². The third-order valence-electron chi connectivity index (χ3n) is 8.35. The van der Waals surface area contributed by atoms with Crippen molar-refractivity contribution in [3.05, 3.63) is 11.3 Å². The van der Waals surface area contributed by atoms with Gasteiger partial charge in [-0.25, -0.2) is 0 Å². The maximum Gasteiger partial charge on any atom is 0.272 e. The van der Waals surface area contributed by atoms with Crippen LogP contribution in [0, 0.1) is 30.6 Å². The highest BCUT2D eigenvalue weighted by Crippen LogP contribution is 2.55. The molecule has 3 N–H and O–H groups in total. The number of hydrogen-bond acceptors (Lipinski definition) is 5. The van der Waals surface area contributed by atoms with E-state index >= 15 is 0 Å². The van der Waals surface area contributed by atoms with Crippen molar-refractivity contribution in [2.24, 2.45) is 30.7 Å². The lowest BCUT2D eigenvalue weighted by Crippen LogP contribution is -2.61. The topological polar surface area (TPSA) is 82.4 Å². The fraction of sp³-hybridized carbons (Fsp3) is 0.826. The Morgan fingerprint density at radius 3 is 2.57 bits per heavy atom. The van der Waals surface area contributed by atoms with Crippen LogP contribution >= 0.6 is 0 Å². The molecule has 2 atom stereocenters. The second kappa shape index (κ2) is 7.52. The highest BCUT2D eigenvalue weighted by molar-refractivity contribution is 5.95. The first kappa shape index (κ1) is 20.3. The SMILES string of the molecule is Cc1c(C(=O)NC2C3CC4CC2CC(O)(C4)C3)nn(C)c1N(C)CC1CCNCC1. The first-order valence-electron chi connectivity index (χ1n) is 11.8. The Bertz CT molecular complexity index is 799. The number of amides is 1. The molecule has 1 saturated heterocycles. The molecule has 5 aliphatic rings. The molecule has 7 nitrogen and oxygen atoms in total. The predicted octanol–water partition coefficient (Wildman–Crippen LogP) is 1.83. The number of aliphatic hydroxyl groups is 1. The summed E-state index contributed by atoms with van der Waals surface area (Å²) in [7, 11) is 4.06. The smallest absolute Gasteiger partial charge is 0.272 e. The van der Waals surface area contributed by atoms with Gasteiger partial charge < -0.3 is 20.6 Å². The maximum atomic E-state index is 13.2. The minimum atomic E-state index is -0.469. The summed E-state index contributed by atoms with van der Waals surface area (Å²) in [6, 6.07) is 0.187. The van der Waals surface area contributed by atoms with Crippen LogP contribution in [0.1, 0.15) is 61.0 Å². The number of nitrogens with zero attached hydrogens (tertiary/aromatic N) is 3. The van der Waals surface area contributed by atoms with Crippen LogP contribution in [0.5, 0.6) is 0 Å². The third-order valence-corrected chi connectivity index (χ3v) is 8.35. The van der Waals surface area contributed by atoms with Crippen LogP contribution in [-0.2, 0) is 7.05 Å². The average molecular weight is 416 g/mol. The minimum Gasteiger partial charge on any atom is -0.390 e. The van der Waals surface area contributed by atoms with E-state index in [0.29, 0.717) is 29.4 Å². The first-order chi connectivity index (χ1) is 14.3. The lowest BCUT2D eigenvalue weighted by Gasteiger charge is -2.58. The first-order valence-corrected chi connectivity index (χ1v) is 11.8. The van der Waals surface area contributed by atoms with Crippen LogP contribution in [0.3, 0.4) is 0 Å². The van der Waals surface area contributed by atoms with Crippen LogP contribution in [0.15, 0.2) is 0 Å². The van der Waals surface area contributed by atoms with Crippen LogP contribution in [0.25, 0.3) is 0 Å². The second-order valence-electron chi connectivity index (χ2n) is 10.7. The molecule has 0 spiro atoms. The van der Waals surface area contributed by atoms with Crippen molar-refractivity contribution in [1.29, 1.82) is 0 Å². The van der Waals surface area contributed by atoms with Crippen LogP contribution in [0.2, 0.25) is 0 Å². The number of piperidine rings is 1. The van der Waals surface area contributed by atoms with Crippen molar-refractivity contribution in [2.45, 2.75) is 63.5 Å². The molecule has 5 fully saturated rings. The van der Waals surface area contributed by atoms with E-state index in [-0.39, 0.29) is 11.9 Å². The molecule has 0 aromatic carbocycles. The molecule has 7 heteroatoms. The van der Waals surface area contributed by atoms with Gasteiger partial charge in [0.05, 0.1) is 5.60 Å². The van der Waals surface area contributed by atoms with Crippen LogP contribution < -0.4 is 15.5 Å². The Kier molecular flexibility index (Phi) is 5.09. The van der Waals surface area contributed by atoms with Gasteiger partial charge in [0.15, 0.2) is 5.69 Å². The zero-order valence-corrected chi connectivity index (χ0v) is 18.7. The summed E-state index contributed by atoms with van der Waals surface area (Å²) in [6.07, 6.45) is 7.35. The number of nitrogens with one attached hydrogen (secondary N) is 2. The molecule has 1 amide bonds. The summed E-state index contributed by atoms with van der Waals surface area (Å²) in [6.45, 7) is 5.21. The summed E-state index contributed by atoms with van der Waals surface area (Å²) in [5.41, 5.74) is 1.05. The quantitative estimate of drug-likeness (QED) is 0.684. The minimum absolute atomic E-state index is 0.0471. The summed E-state index contributed by atoms with van der Waals surface area (Å²) in [4.78, 5) is 15.5. The molecule has 1 aromatic rings. The lowest BCUT2D eigenvalue weighted by molar-refractivity contribution is -0.136. The highest BCUT2D eigenvalue weighted by atomic mass is 16.3. The molecule has 4 aliphatic carbocycles. The number of aromatic nitrogens is 2. The molecule has 2 heterocycles. The van der Waals surface area contributed by atoms with E-state index < -0.39 is 5.60 Å². The van der Waals surface area contributed by atoms with Gasteiger partial charge in [0.2, 0.25) is 0 Å². The largest absolute Gasteiger partial charge is 0.390 e. The number of rotatable bonds is 5. The summed E-state index contributed by atoms with van der Waals surface area (Å²) in [5, 5.41) is 22.2. The molecule has 166 valence electrons. The molecule has 1 aliphatic heterocycles. The van der Waals surface area contributed by atoms with Crippen molar-refractivity contribution in [3.8, 4) is 0 Å². The van der Waals surface area contributed by atoms with E-state index in [1.54, 1.807) is 0 Å². The number of aryl methyl sites for hydroxylation is 1. The Morgan fingerprint density at radius 2 is 1.93 bits per heavy atom. The van der Waals surface area contributed by atoms with E-state index in [1.807, 2.05) is 18.7 Å². The van der Waals surface area contributed by atoms with Crippen molar-refractivity contribution in [3.63, 3.8) is 0 Å². The van der Waals surface area contributed by atoms with Crippen LogP contribution in [0.4, 0.5) is 5.82 Å². The molecule has 4 saturated carbocycles. The summed E-state index contributed by atoms with van der Waals surface area (Å²) < 4.78 is 1.87. The van der Waals surface area contributed by atoms with Gasteiger partial charge in [0, 0.05) is 32.2 Å². The Labute approximate surface area is 179 Å². The van der Waals surface area contributed by atoms with Gasteiger partial charge in [-0.15, -0.1) is 0 Å². The van der Waals surface area contributed by atoms with Crippen molar-refractivity contribution >= 4 is 11.7 Å². The zero-order valence-electron chi connectivity index (χ0n) is 18.7. The van der Waals surface area contributed by atoms with Gasteiger partial charge >= 0.3 is 0 Å². The average Bonchev–Trinajstić information content (AvgIpc) is 2.98. The third kappa shape index (κ3) is 3.54. The van der Waals surface area contributed by atoms with Gasteiger partial charge in [0.1, 0.15) is 5.82 Å². The van der Waals surface area contributed by atoms with Gasteiger partial charge in [-0.1, -0.05) is 0 Å². The standard InChI is InChI=1S/C23H37N5O2/c1-14-19(26-28(3)22(14)27(2)13-15-4-6-24-7-5-15)21(29)25-20-17-8-16-9-18(20)12-23(30,10-16)11-17/h15-18,20,24,30H,4-13H2,1-3H3,(H,25,29). The molecule has 2 unspecified atom stereocenters.